The molecule has 3 rings (SSSR count). The van der Waals surface area contributed by atoms with Crippen molar-refractivity contribution in [2.24, 2.45) is 20.7 Å². The maximum atomic E-state index is 5.80. The van der Waals surface area contributed by atoms with Crippen LogP contribution >= 0.6 is 0 Å². The summed E-state index contributed by atoms with van der Waals surface area (Å²) in [5.41, 5.74) is 17.8. The molecule has 0 fully saturated rings. The van der Waals surface area contributed by atoms with Crippen molar-refractivity contribution < 1.29 is 0 Å². The molecule has 0 aliphatic carbocycles. The quantitative estimate of drug-likeness (QED) is 0.774. The zero-order chi connectivity index (χ0) is 15.2. The van der Waals surface area contributed by atoms with Crippen LogP contribution in [0.15, 0.2) is 57.1 Å². The molecule has 0 amide bonds. The highest BCUT2D eigenvalue weighted by molar-refractivity contribution is 5.70. The van der Waals surface area contributed by atoms with E-state index >= 15 is 0 Å². The summed E-state index contributed by atoms with van der Waals surface area (Å²) in [6.07, 6.45) is 0. The molecule has 21 heavy (non-hydrogen) atoms. The van der Waals surface area contributed by atoms with Gasteiger partial charge in [0.05, 0.1) is 0 Å². The Hall–Kier alpha value is -2.76. The lowest BCUT2D eigenvalue weighted by atomic mass is 10.0. The Morgan fingerprint density at radius 3 is 1.48 bits per heavy atom. The molecular weight excluding hydrogens is 264 g/mol. The predicted octanol–water partition coefficient (Wildman–Crippen LogP) is 3.91. The number of hydrogen-bond donors (Lipinski definition) is 2. The normalized spacial score (nSPS) is 12.1. The molecule has 108 valence electrons. The fourth-order valence-electron chi connectivity index (χ4n) is 1.85. The highest BCUT2D eigenvalue weighted by Gasteiger charge is 2.01. The summed E-state index contributed by atoms with van der Waals surface area (Å²) < 4.78 is 0. The number of rotatable bonds is 1. The minimum absolute atomic E-state index is 0.417. The first-order valence-corrected chi connectivity index (χ1v) is 6.54. The topological polar surface area (TPSA) is 101 Å². The molecule has 2 aromatic carbocycles. The molecule has 0 aromatic heterocycles. The van der Waals surface area contributed by atoms with Crippen molar-refractivity contribution in [2.75, 3.05) is 18.1 Å². The zero-order valence-corrected chi connectivity index (χ0v) is 12.1. The summed E-state index contributed by atoms with van der Waals surface area (Å²) in [6.45, 7) is 4.45. The van der Waals surface area contributed by atoms with E-state index in [0.717, 1.165) is 22.5 Å². The van der Waals surface area contributed by atoms with E-state index in [2.05, 4.69) is 32.8 Å². The first kappa shape index (κ1) is 14.6. The molecule has 6 heteroatoms. The molecule has 0 atom stereocenters. The van der Waals surface area contributed by atoms with Gasteiger partial charge in [0.1, 0.15) is 0 Å². The Morgan fingerprint density at radius 2 is 1.19 bits per heavy atom. The molecular formula is C15H18N6. The molecule has 0 bridgehead atoms. The molecule has 0 saturated carbocycles. The van der Waals surface area contributed by atoms with Gasteiger partial charge in [0.2, 0.25) is 0 Å². The van der Waals surface area contributed by atoms with Gasteiger partial charge in [-0.3, -0.25) is 0 Å². The maximum Gasteiger partial charge on any atom is 0.175 e. The van der Waals surface area contributed by atoms with Crippen molar-refractivity contribution in [3.05, 3.63) is 47.5 Å². The van der Waals surface area contributed by atoms with Crippen molar-refractivity contribution in [1.82, 2.24) is 0 Å². The Labute approximate surface area is 123 Å². The molecule has 0 spiro atoms. The maximum absolute atomic E-state index is 5.80. The largest absolute Gasteiger partial charge is 0.399 e. The van der Waals surface area contributed by atoms with Gasteiger partial charge in [0.25, 0.3) is 0 Å². The van der Waals surface area contributed by atoms with Gasteiger partial charge in [-0.1, -0.05) is 12.1 Å². The van der Waals surface area contributed by atoms with E-state index in [4.69, 9.17) is 11.5 Å². The smallest absolute Gasteiger partial charge is 0.175 e. The number of anilines is 2. The zero-order valence-electron chi connectivity index (χ0n) is 12.1. The van der Waals surface area contributed by atoms with Gasteiger partial charge < -0.3 is 11.5 Å². The highest BCUT2D eigenvalue weighted by Crippen LogP contribution is 2.25. The number of nitrogens with two attached hydrogens (primary N) is 2. The summed E-state index contributed by atoms with van der Waals surface area (Å²) in [5.74, 6) is 0. The van der Waals surface area contributed by atoms with Gasteiger partial charge in [0, 0.05) is 11.4 Å². The van der Waals surface area contributed by atoms with Crippen molar-refractivity contribution >= 4 is 11.4 Å². The van der Waals surface area contributed by atoms with Crippen molar-refractivity contribution in [1.29, 1.82) is 0 Å². The minimum Gasteiger partial charge on any atom is -0.399 e. The third kappa shape index (κ3) is 3.85. The summed E-state index contributed by atoms with van der Waals surface area (Å²) in [5, 5.41) is 13.1. The van der Waals surface area contributed by atoms with Gasteiger partial charge in [-0.05, 0) is 70.8 Å². The second kappa shape index (κ2) is 6.60. The molecule has 1 aliphatic heterocycles. The van der Waals surface area contributed by atoms with Gasteiger partial charge in [-0.15, -0.1) is 10.2 Å². The molecule has 1 aliphatic rings. The average molecular weight is 282 g/mol. The van der Waals surface area contributed by atoms with Gasteiger partial charge in [-0.2, -0.15) is 0 Å². The van der Waals surface area contributed by atoms with Crippen LogP contribution in [0.2, 0.25) is 0 Å². The lowest BCUT2D eigenvalue weighted by Gasteiger charge is -2.07. The third-order valence-corrected chi connectivity index (χ3v) is 3.17. The van der Waals surface area contributed by atoms with Crippen molar-refractivity contribution in [3.8, 4) is 11.1 Å². The molecule has 0 radical (unpaired) electrons. The van der Waals surface area contributed by atoms with E-state index in [1.807, 2.05) is 38.1 Å². The third-order valence-electron chi connectivity index (χ3n) is 3.17. The first-order valence-electron chi connectivity index (χ1n) is 6.54. The highest BCUT2D eigenvalue weighted by atomic mass is 15.5. The second-order valence-corrected chi connectivity index (χ2v) is 4.75. The van der Waals surface area contributed by atoms with Crippen LogP contribution in [0.3, 0.4) is 0 Å². The summed E-state index contributed by atoms with van der Waals surface area (Å²) >= 11 is 0. The summed E-state index contributed by atoms with van der Waals surface area (Å²) in [4.78, 5) is 0. The van der Waals surface area contributed by atoms with Crippen molar-refractivity contribution in [2.45, 2.75) is 13.8 Å². The van der Waals surface area contributed by atoms with Crippen LogP contribution in [-0.2, 0) is 0 Å². The average Bonchev–Trinajstić information content (AvgIpc) is 3.04. The van der Waals surface area contributed by atoms with Crippen molar-refractivity contribution in [3.63, 3.8) is 0 Å². The monoisotopic (exact) mass is 282 g/mol. The number of benzene rings is 2. The molecule has 0 saturated heterocycles. The second-order valence-electron chi connectivity index (χ2n) is 4.75. The van der Waals surface area contributed by atoms with E-state index in [1.54, 1.807) is 0 Å². The number of nitrogens with zero attached hydrogens (tertiary/aromatic N) is 4. The molecule has 6 nitrogen and oxygen atoms in total. The van der Waals surface area contributed by atoms with E-state index < -0.39 is 0 Å². The SMILES string of the molecule is C1N=NN=N1.Cc1cc(-c2ccc(N)c(C)c2)ccc1N. The van der Waals surface area contributed by atoms with Crippen LogP contribution < -0.4 is 11.5 Å². The van der Waals surface area contributed by atoms with Gasteiger partial charge in [0.15, 0.2) is 6.67 Å². The summed E-state index contributed by atoms with van der Waals surface area (Å²) in [6, 6.07) is 12.1. The van der Waals surface area contributed by atoms with Gasteiger partial charge >= 0.3 is 0 Å². The Balaban J connectivity index is 0.000000272. The lowest BCUT2D eigenvalue weighted by molar-refractivity contribution is 1.05. The minimum atomic E-state index is 0.417. The van der Waals surface area contributed by atoms with Gasteiger partial charge in [-0.25, -0.2) is 0 Å². The van der Waals surface area contributed by atoms with Crippen LogP contribution in [-0.4, -0.2) is 6.67 Å². The van der Waals surface area contributed by atoms with Crippen LogP contribution in [0, 0.1) is 13.8 Å². The van der Waals surface area contributed by atoms with E-state index in [0.29, 0.717) is 6.67 Å². The molecule has 2 aromatic rings. The predicted molar refractivity (Wildman–Crippen MR) is 84.8 cm³/mol. The van der Waals surface area contributed by atoms with E-state index in [9.17, 15) is 0 Å². The first-order chi connectivity index (χ1) is 10.1. The van der Waals surface area contributed by atoms with Crippen LogP contribution in [0.1, 0.15) is 11.1 Å². The fourth-order valence-corrected chi connectivity index (χ4v) is 1.85. The van der Waals surface area contributed by atoms with E-state index in [1.165, 1.54) is 11.1 Å². The van der Waals surface area contributed by atoms with Crippen LogP contribution in [0.25, 0.3) is 11.1 Å². The fraction of sp³-hybridized carbons (Fsp3) is 0.200. The van der Waals surface area contributed by atoms with E-state index in [-0.39, 0.29) is 0 Å². The Morgan fingerprint density at radius 1 is 0.762 bits per heavy atom. The number of hydrogen-bond acceptors (Lipinski definition) is 6. The summed E-state index contributed by atoms with van der Waals surface area (Å²) in [7, 11) is 0. The lowest BCUT2D eigenvalue weighted by Crippen LogP contribution is -1.91. The van der Waals surface area contributed by atoms with Crippen LogP contribution in [0.5, 0.6) is 0 Å². The number of aryl methyl sites for hydroxylation is 2. The molecule has 1 heterocycles. The van der Waals surface area contributed by atoms with Crippen LogP contribution in [0.4, 0.5) is 11.4 Å². The molecule has 0 unspecified atom stereocenters. The number of nitrogen functional groups attached to an aromatic ring is 2. The Bertz CT molecular complexity index is 631. The molecule has 4 N–H and O–H groups in total. The standard InChI is InChI=1S/C14H16N2.CH2N4/c1-9-7-11(3-5-13(9)15)12-4-6-14(16)10(2)8-12;1-2-4-5-3-1/h3-8H,15-16H2,1-2H3;1H2. The Kier molecular flexibility index (Phi) is 4.61.